The van der Waals surface area contributed by atoms with Crippen molar-refractivity contribution in [2.75, 3.05) is 11.9 Å². The van der Waals surface area contributed by atoms with Crippen molar-refractivity contribution < 1.29 is 0 Å². The summed E-state index contributed by atoms with van der Waals surface area (Å²) in [4.78, 5) is 14.5. The largest absolute Gasteiger partial charge is 0.355 e. The number of aromatic nitrogens is 3. The van der Waals surface area contributed by atoms with Crippen LogP contribution in [0.3, 0.4) is 0 Å². The Balaban J connectivity index is 2.11. The molecule has 0 bridgehead atoms. The van der Waals surface area contributed by atoms with E-state index >= 15 is 0 Å². The van der Waals surface area contributed by atoms with E-state index in [4.69, 9.17) is 5.73 Å². The lowest BCUT2D eigenvalue weighted by Crippen LogP contribution is -2.19. The van der Waals surface area contributed by atoms with Gasteiger partial charge < -0.3 is 10.6 Å². The normalized spacial score (nSPS) is 10.2. The summed E-state index contributed by atoms with van der Waals surface area (Å²) in [6.45, 7) is 1.14. The zero-order valence-corrected chi connectivity index (χ0v) is 9.74. The molecule has 0 unspecified atom stereocenters. The van der Waals surface area contributed by atoms with E-state index in [1.54, 1.807) is 18.6 Å². The van der Waals surface area contributed by atoms with Crippen LogP contribution in [0.5, 0.6) is 0 Å². The maximum atomic E-state index is 5.52. The highest BCUT2D eigenvalue weighted by molar-refractivity contribution is 5.37. The summed E-state index contributed by atoms with van der Waals surface area (Å²) in [6, 6.07) is 5.85. The van der Waals surface area contributed by atoms with Crippen molar-refractivity contribution in [1.82, 2.24) is 15.0 Å². The second kappa shape index (κ2) is 5.36. The minimum absolute atomic E-state index is 0.358. The third-order valence-electron chi connectivity index (χ3n) is 2.43. The first-order valence-electron chi connectivity index (χ1n) is 5.41. The summed E-state index contributed by atoms with van der Waals surface area (Å²) >= 11 is 0. The zero-order chi connectivity index (χ0) is 12.1. The predicted octanol–water partition coefficient (Wildman–Crippen LogP) is 0.967. The molecule has 2 aromatic heterocycles. The molecule has 0 aliphatic heterocycles. The highest BCUT2D eigenvalue weighted by Crippen LogP contribution is 2.11. The molecule has 0 spiro atoms. The van der Waals surface area contributed by atoms with Gasteiger partial charge in [0.1, 0.15) is 11.6 Å². The van der Waals surface area contributed by atoms with Crippen molar-refractivity contribution in [1.29, 1.82) is 0 Å². The number of nitrogens with zero attached hydrogens (tertiary/aromatic N) is 4. The maximum absolute atomic E-state index is 5.52. The summed E-state index contributed by atoms with van der Waals surface area (Å²) in [5, 5.41) is 0. The SMILES string of the molecule is CN(Cc1ccncc1)c1ccnc(CN)n1. The molecule has 0 aromatic carbocycles. The van der Waals surface area contributed by atoms with E-state index < -0.39 is 0 Å². The number of hydrogen-bond donors (Lipinski definition) is 1. The zero-order valence-electron chi connectivity index (χ0n) is 9.74. The van der Waals surface area contributed by atoms with Gasteiger partial charge in [-0.15, -0.1) is 0 Å². The summed E-state index contributed by atoms with van der Waals surface area (Å²) in [5.74, 6) is 1.53. The lowest BCUT2D eigenvalue weighted by atomic mass is 10.2. The van der Waals surface area contributed by atoms with Crippen LogP contribution in [0, 0.1) is 0 Å². The molecule has 0 aliphatic rings. The second-order valence-electron chi connectivity index (χ2n) is 3.75. The average Bonchev–Trinajstić information content (AvgIpc) is 2.40. The predicted molar refractivity (Wildman–Crippen MR) is 66.3 cm³/mol. The minimum atomic E-state index is 0.358. The minimum Gasteiger partial charge on any atom is -0.355 e. The Bertz CT molecular complexity index is 471. The molecule has 0 saturated carbocycles. The maximum Gasteiger partial charge on any atom is 0.144 e. The Kier molecular flexibility index (Phi) is 3.62. The molecule has 2 aromatic rings. The van der Waals surface area contributed by atoms with Crippen LogP contribution in [0.25, 0.3) is 0 Å². The summed E-state index contributed by atoms with van der Waals surface area (Å²) in [7, 11) is 1.99. The van der Waals surface area contributed by atoms with E-state index in [1.807, 2.05) is 25.2 Å². The smallest absolute Gasteiger partial charge is 0.144 e. The molecule has 0 amide bonds. The fourth-order valence-electron chi connectivity index (χ4n) is 1.54. The third kappa shape index (κ3) is 2.98. The molecule has 0 fully saturated rings. The molecular weight excluding hydrogens is 214 g/mol. The quantitative estimate of drug-likeness (QED) is 0.846. The van der Waals surface area contributed by atoms with E-state index in [0.29, 0.717) is 12.4 Å². The highest BCUT2D eigenvalue weighted by Gasteiger charge is 2.04. The van der Waals surface area contributed by atoms with E-state index in [-0.39, 0.29) is 0 Å². The van der Waals surface area contributed by atoms with Crippen LogP contribution in [0.15, 0.2) is 36.8 Å². The first kappa shape index (κ1) is 11.5. The number of anilines is 1. The van der Waals surface area contributed by atoms with Crippen LogP contribution in [-0.2, 0) is 13.1 Å². The number of pyridine rings is 1. The molecule has 0 radical (unpaired) electrons. The van der Waals surface area contributed by atoms with Crippen LogP contribution in [0.4, 0.5) is 5.82 Å². The Morgan fingerprint density at radius 1 is 1.18 bits per heavy atom. The summed E-state index contributed by atoms with van der Waals surface area (Å²) in [6.07, 6.45) is 5.30. The fraction of sp³-hybridized carbons (Fsp3) is 0.250. The average molecular weight is 229 g/mol. The molecule has 2 rings (SSSR count). The van der Waals surface area contributed by atoms with Gasteiger partial charge in [0.05, 0.1) is 6.54 Å². The van der Waals surface area contributed by atoms with Gasteiger partial charge in [0.25, 0.3) is 0 Å². The van der Waals surface area contributed by atoms with Gasteiger partial charge >= 0.3 is 0 Å². The number of rotatable bonds is 4. The van der Waals surface area contributed by atoms with Crippen LogP contribution in [0.2, 0.25) is 0 Å². The van der Waals surface area contributed by atoms with Crippen LogP contribution in [-0.4, -0.2) is 22.0 Å². The van der Waals surface area contributed by atoms with E-state index in [9.17, 15) is 0 Å². The molecule has 17 heavy (non-hydrogen) atoms. The monoisotopic (exact) mass is 229 g/mol. The Morgan fingerprint density at radius 2 is 1.94 bits per heavy atom. The van der Waals surface area contributed by atoms with Gasteiger partial charge in [-0.3, -0.25) is 4.98 Å². The molecule has 0 atom stereocenters. The molecule has 2 N–H and O–H groups in total. The number of hydrogen-bond acceptors (Lipinski definition) is 5. The topological polar surface area (TPSA) is 67.9 Å². The molecule has 5 nitrogen and oxygen atoms in total. The highest BCUT2D eigenvalue weighted by atomic mass is 15.2. The summed E-state index contributed by atoms with van der Waals surface area (Å²) in [5.41, 5.74) is 6.71. The second-order valence-corrected chi connectivity index (χ2v) is 3.75. The van der Waals surface area contributed by atoms with Gasteiger partial charge in [-0.25, -0.2) is 9.97 Å². The van der Waals surface area contributed by atoms with Gasteiger partial charge in [-0.05, 0) is 23.8 Å². The van der Waals surface area contributed by atoms with E-state index in [2.05, 4.69) is 19.9 Å². The Morgan fingerprint density at radius 3 is 2.65 bits per heavy atom. The summed E-state index contributed by atoms with van der Waals surface area (Å²) < 4.78 is 0. The third-order valence-corrected chi connectivity index (χ3v) is 2.43. The fourth-order valence-corrected chi connectivity index (χ4v) is 1.54. The van der Waals surface area contributed by atoms with Crippen LogP contribution >= 0.6 is 0 Å². The van der Waals surface area contributed by atoms with Gasteiger partial charge in [-0.1, -0.05) is 0 Å². The lowest BCUT2D eigenvalue weighted by Gasteiger charge is -2.18. The first-order valence-corrected chi connectivity index (χ1v) is 5.41. The van der Waals surface area contributed by atoms with Crippen molar-refractivity contribution in [3.05, 3.63) is 48.2 Å². The van der Waals surface area contributed by atoms with E-state index in [1.165, 1.54) is 5.56 Å². The molecule has 0 saturated heterocycles. The number of nitrogens with two attached hydrogens (primary N) is 1. The molecular formula is C12H15N5. The van der Waals surface area contributed by atoms with Gasteiger partial charge in [0.15, 0.2) is 0 Å². The lowest BCUT2D eigenvalue weighted by molar-refractivity contribution is 0.848. The van der Waals surface area contributed by atoms with Crippen molar-refractivity contribution in [3.63, 3.8) is 0 Å². The van der Waals surface area contributed by atoms with Crippen LogP contribution < -0.4 is 10.6 Å². The van der Waals surface area contributed by atoms with Gasteiger partial charge in [-0.2, -0.15) is 0 Å². The van der Waals surface area contributed by atoms with Gasteiger partial charge in [0, 0.05) is 32.2 Å². The van der Waals surface area contributed by atoms with Crippen molar-refractivity contribution in [2.24, 2.45) is 5.73 Å². The molecule has 88 valence electrons. The molecule has 2 heterocycles. The van der Waals surface area contributed by atoms with Crippen molar-refractivity contribution in [2.45, 2.75) is 13.1 Å². The van der Waals surface area contributed by atoms with Crippen LogP contribution in [0.1, 0.15) is 11.4 Å². The van der Waals surface area contributed by atoms with Crippen molar-refractivity contribution >= 4 is 5.82 Å². The standard InChI is InChI=1S/C12H15N5/c1-17(9-10-2-5-14-6-3-10)12-4-7-15-11(8-13)16-12/h2-7H,8-9,13H2,1H3. The van der Waals surface area contributed by atoms with Crippen molar-refractivity contribution in [3.8, 4) is 0 Å². The Labute approximate surface area is 100 Å². The Hall–Kier alpha value is -2.01. The first-order chi connectivity index (χ1) is 8.29. The molecule has 5 heteroatoms. The van der Waals surface area contributed by atoms with Gasteiger partial charge in [0.2, 0.25) is 0 Å². The molecule has 0 aliphatic carbocycles. The van der Waals surface area contributed by atoms with E-state index in [0.717, 1.165) is 12.4 Å².